The number of aryl methyl sites for hydroxylation is 2. The summed E-state index contributed by atoms with van der Waals surface area (Å²) in [6, 6.07) is 54.5. The molecule has 6 heteroatoms. The van der Waals surface area contributed by atoms with Gasteiger partial charge < -0.3 is 14.0 Å². The van der Waals surface area contributed by atoms with Crippen LogP contribution in [-0.2, 0) is 20.1 Å². The van der Waals surface area contributed by atoms with Crippen molar-refractivity contribution < 1.29 is 24.5 Å². The number of aromatic nitrogens is 3. The number of nitrogens with zero attached hydrogens (tertiary/aromatic N) is 3. The maximum Gasteiger partial charge on any atom is 0.120 e. The number of imidazole rings is 1. The van der Waals surface area contributed by atoms with Crippen molar-refractivity contribution in [2.45, 2.75) is 33.5 Å². The first kappa shape index (κ1) is 36.0. The normalized spacial score (nSPS) is 11.3. The van der Waals surface area contributed by atoms with E-state index in [9.17, 15) is 0 Å². The number of benzene rings is 6. The summed E-state index contributed by atoms with van der Waals surface area (Å²) in [4.78, 5) is 9.63. The number of para-hydroxylation sites is 3. The average Bonchev–Trinajstić information content (AvgIpc) is 3.74. The van der Waals surface area contributed by atoms with Gasteiger partial charge in [0.2, 0.25) is 0 Å². The molecular formula is C47H39IrN3OSi-2. The minimum Gasteiger partial charge on any atom is -0.501 e. The van der Waals surface area contributed by atoms with E-state index in [1.165, 1.54) is 27.4 Å². The van der Waals surface area contributed by atoms with Crippen LogP contribution in [0.5, 0.6) is 0 Å². The maximum absolute atomic E-state index is 6.38. The Hall–Kier alpha value is -5.39. The molecule has 3 aromatic heterocycles. The smallest absolute Gasteiger partial charge is 0.120 e. The zero-order valence-corrected chi connectivity index (χ0v) is 33.8. The van der Waals surface area contributed by atoms with Gasteiger partial charge in [0, 0.05) is 37.4 Å². The zero-order valence-electron chi connectivity index (χ0n) is 30.4. The second-order valence-corrected chi connectivity index (χ2v) is 19.3. The number of pyridine rings is 1. The van der Waals surface area contributed by atoms with Gasteiger partial charge in [-0.1, -0.05) is 103 Å². The minimum atomic E-state index is -1.23. The molecule has 0 saturated carbocycles. The van der Waals surface area contributed by atoms with Crippen LogP contribution in [0, 0.1) is 26.0 Å². The number of hydrogen-bond acceptors (Lipinski definition) is 3. The summed E-state index contributed by atoms with van der Waals surface area (Å²) >= 11 is 0. The third-order valence-electron chi connectivity index (χ3n) is 9.56. The molecule has 0 spiro atoms. The van der Waals surface area contributed by atoms with Crippen LogP contribution in [0.15, 0.2) is 150 Å². The molecule has 0 atom stereocenters. The van der Waals surface area contributed by atoms with Crippen LogP contribution in [-0.4, -0.2) is 22.6 Å². The van der Waals surface area contributed by atoms with Gasteiger partial charge in [0.05, 0.1) is 30.5 Å². The number of fused-ring (bicyclic) bond motifs is 4. The molecule has 53 heavy (non-hydrogen) atoms. The quantitative estimate of drug-likeness (QED) is 0.128. The number of furan rings is 1. The molecule has 0 unspecified atom stereocenters. The third kappa shape index (κ3) is 7.06. The molecule has 0 saturated heterocycles. The van der Waals surface area contributed by atoms with Crippen LogP contribution in [0.2, 0.25) is 19.6 Å². The van der Waals surface area contributed by atoms with E-state index in [-0.39, 0.29) is 20.1 Å². The Labute approximate surface area is 325 Å². The van der Waals surface area contributed by atoms with Crippen LogP contribution in [0.1, 0.15) is 11.1 Å². The van der Waals surface area contributed by atoms with Crippen molar-refractivity contribution in [3.8, 4) is 39.5 Å². The van der Waals surface area contributed by atoms with E-state index in [1.54, 1.807) is 0 Å². The van der Waals surface area contributed by atoms with Crippen LogP contribution in [0.3, 0.4) is 0 Å². The molecule has 6 aromatic carbocycles. The molecule has 0 fully saturated rings. The van der Waals surface area contributed by atoms with Gasteiger partial charge in [-0.3, -0.25) is 4.98 Å². The summed E-state index contributed by atoms with van der Waals surface area (Å²) < 4.78 is 8.65. The van der Waals surface area contributed by atoms with Crippen molar-refractivity contribution >= 4 is 46.2 Å². The minimum absolute atomic E-state index is 0. The molecule has 0 aliphatic heterocycles. The topological polar surface area (TPSA) is 43.9 Å². The standard InChI is InChI=1S/C33H23N2O.C14H16NSi.Ir/c1-21-19-24(23-11-4-3-5-12-23)20-22(2)31(21)35-29-17-8-7-16-28(29)34-33(35)27-15-10-14-26-25-13-6-9-18-30(25)36-32(26)27;1-16(2,3)13-9-10-14(15-11-13)12-7-5-4-6-8-12;/h3-14,16-20H,1-2H3;4-7,9-11H,1-3H3;/q2*-1;. The van der Waals surface area contributed by atoms with E-state index in [4.69, 9.17) is 9.40 Å². The Kier molecular flexibility index (Phi) is 10.1. The van der Waals surface area contributed by atoms with Crippen molar-refractivity contribution in [2.75, 3.05) is 0 Å². The van der Waals surface area contributed by atoms with Gasteiger partial charge in [-0.2, -0.15) is 0 Å². The zero-order chi connectivity index (χ0) is 35.8. The first-order valence-electron chi connectivity index (χ1n) is 17.7. The van der Waals surface area contributed by atoms with E-state index in [0.29, 0.717) is 0 Å². The fourth-order valence-electron chi connectivity index (χ4n) is 6.93. The fraction of sp³-hybridized carbons (Fsp3) is 0.106. The maximum atomic E-state index is 6.38. The molecule has 0 N–H and O–H groups in total. The largest absolute Gasteiger partial charge is 0.501 e. The van der Waals surface area contributed by atoms with Gasteiger partial charge in [-0.15, -0.1) is 54.1 Å². The molecule has 0 aliphatic rings. The first-order chi connectivity index (χ1) is 25.3. The molecular weight excluding hydrogens is 843 g/mol. The van der Waals surface area contributed by atoms with Crippen LogP contribution in [0.25, 0.3) is 72.4 Å². The van der Waals surface area contributed by atoms with Gasteiger partial charge in [0.15, 0.2) is 0 Å². The van der Waals surface area contributed by atoms with E-state index < -0.39 is 8.07 Å². The van der Waals surface area contributed by atoms with Gasteiger partial charge >= 0.3 is 0 Å². The average molecular weight is 882 g/mol. The summed E-state index contributed by atoms with van der Waals surface area (Å²) in [7, 11) is -1.23. The molecule has 9 rings (SSSR count). The summed E-state index contributed by atoms with van der Waals surface area (Å²) in [6.07, 6.45) is 2.02. The van der Waals surface area contributed by atoms with Crippen molar-refractivity contribution in [1.29, 1.82) is 0 Å². The first-order valence-corrected chi connectivity index (χ1v) is 21.2. The molecule has 9 aromatic rings. The molecule has 1 radical (unpaired) electrons. The van der Waals surface area contributed by atoms with E-state index in [1.807, 2.05) is 60.8 Å². The molecule has 0 amide bonds. The SMILES string of the molecule is C[Si](C)(C)c1ccc(-c2[c-]cccc2)nc1.Cc1cc(-c2ccccc2)cc(C)c1-n1c(-c2[c-]ccc3c2oc2ccccc23)nc2ccccc21.[Ir]. The van der Waals surface area contributed by atoms with Gasteiger partial charge in [-0.25, -0.2) is 0 Å². The second-order valence-electron chi connectivity index (χ2n) is 14.2. The fourth-order valence-corrected chi connectivity index (χ4v) is 7.97. The summed E-state index contributed by atoms with van der Waals surface area (Å²) in [5.41, 5.74) is 12.6. The van der Waals surface area contributed by atoms with E-state index in [2.05, 4.69) is 140 Å². The Morgan fingerprint density at radius 2 is 1.38 bits per heavy atom. The van der Waals surface area contributed by atoms with Gasteiger partial charge in [0.25, 0.3) is 0 Å². The van der Waals surface area contributed by atoms with Crippen molar-refractivity contribution in [3.05, 3.63) is 169 Å². The predicted octanol–water partition coefficient (Wildman–Crippen LogP) is 11.8. The Morgan fingerprint density at radius 3 is 2.09 bits per heavy atom. The molecule has 263 valence electrons. The predicted molar refractivity (Wildman–Crippen MR) is 219 cm³/mol. The van der Waals surface area contributed by atoms with Crippen LogP contribution >= 0.6 is 0 Å². The van der Waals surface area contributed by atoms with Gasteiger partial charge in [-0.05, 0) is 77.3 Å². The molecule has 3 heterocycles. The van der Waals surface area contributed by atoms with Gasteiger partial charge in [0.1, 0.15) is 5.58 Å². The van der Waals surface area contributed by atoms with Crippen LogP contribution < -0.4 is 5.19 Å². The number of rotatable bonds is 5. The second kappa shape index (κ2) is 14.9. The Morgan fingerprint density at radius 1 is 0.660 bits per heavy atom. The van der Waals surface area contributed by atoms with Crippen molar-refractivity contribution in [1.82, 2.24) is 14.5 Å². The van der Waals surface area contributed by atoms with E-state index >= 15 is 0 Å². The summed E-state index contributed by atoms with van der Waals surface area (Å²) in [5, 5.41) is 3.57. The van der Waals surface area contributed by atoms with Crippen LogP contribution in [0.4, 0.5) is 0 Å². The molecule has 0 aliphatic carbocycles. The molecule has 0 bridgehead atoms. The summed E-state index contributed by atoms with van der Waals surface area (Å²) in [6.45, 7) is 11.4. The third-order valence-corrected chi connectivity index (χ3v) is 11.6. The van der Waals surface area contributed by atoms with Crippen molar-refractivity contribution in [3.63, 3.8) is 0 Å². The molecule has 4 nitrogen and oxygen atoms in total. The Balaban J connectivity index is 0.000000216. The number of hydrogen-bond donors (Lipinski definition) is 0. The monoisotopic (exact) mass is 882 g/mol. The Bertz CT molecular complexity index is 2650. The van der Waals surface area contributed by atoms with E-state index in [0.717, 1.165) is 61.3 Å². The summed E-state index contributed by atoms with van der Waals surface area (Å²) in [5.74, 6) is 0.833. The van der Waals surface area contributed by atoms with Crippen molar-refractivity contribution in [2.24, 2.45) is 0 Å².